The van der Waals surface area contributed by atoms with Crippen LogP contribution in [0.25, 0.3) is 0 Å². The molecule has 118 valence electrons. The molecule has 0 bridgehead atoms. The molecule has 1 atom stereocenters. The van der Waals surface area contributed by atoms with Gasteiger partial charge in [-0.25, -0.2) is 0 Å². The number of rotatable bonds is 4. The van der Waals surface area contributed by atoms with Crippen LogP contribution < -0.4 is 5.73 Å². The van der Waals surface area contributed by atoms with Gasteiger partial charge in [-0.05, 0) is 32.1 Å². The number of aliphatic carboxylic acids is 1. The second kappa shape index (κ2) is 6.45. The number of likely N-dealkylation sites (tertiary alicyclic amines) is 1. The van der Waals surface area contributed by atoms with Gasteiger partial charge in [-0.15, -0.1) is 0 Å². The molecule has 1 unspecified atom stereocenters. The van der Waals surface area contributed by atoms with Crippen LogP contribution >= 0.6 is 0 Å². The molecule has 6 nitrogen and oxygen atoms in total. The fraction of sp³-hybridized carbons (Fsp3) is 0.800. The van der Waals surface area contributed by atoms with Crippen LogP contribution in [0, 0.1) is 5.41 Å². The summed E-state index contributed by atoms with van der Waals surface area (Å²) in [6.45, 7) is 0.502. The summed E-state index contributed by atoms with van der Waals surface area (Å²) in [7, 11) is 0. The van der Waals surface area contributed by atoms with E-state index in [2.05, 4.69) is 0 Å². The fourth-order valence-corrected chi connectivity index (χ4v) is 3.61. The molecular formula is C15H24N2O4. The smallest absolute Gasteiger partial charge is 0.310 e. The van der Waals surface area contributed by atoms with E-state index in [-0.39, 0.29) is 12.3 Å². The standard InChI is InChI=1S/C15H24N2O4/c16-13(19)11-6-2-5-9-17(11)12(18)10-15(14(20)21)7-3-1-4-8-15/h11H,1-10H2,(H2,16,19)(H,20,21). The van der Waals surface area contributed by atoms with Crippen LogP contribution in [-0.4, -0.2) is 40.4 Å². The molecule has 0 aromatic carbocycles. The van der Waals surface area contributed by atoms with Gasteiger partial charge >= 0.3 is 5.97 Å². The van der Waals surface area contributed by atoms with Crippen molar-refractivity contribution in [2.24, 2.45) is 11.1 Å². The highest BCUT2D eigenvalue weighted by atomic mass is 16.4. The third-order valence-corrected chi connectivity index (χ3v) is 4.91. The first-order valence-corrected chi connectivity index (χ1v) is 7.78. The molecule has 2 fully saturated rings. The zero-order valence-corrected chi connectivity index (χ0v) is 12.3. The van der Waals surface area contributed by atoms with Crippen LogP contribution in [0.1, 0.15) is 57.8 Å². The van der Waals surface area contributed by atoms with Gasteiger partial charge in [0.05, 0.1) is 5.41 Å². The van der Waals surface area contributed by atoms with Crippen molar-refractivity contribution in [2.45, 2.75) is 63.8 Å². The van der Waals surface area contributed by atoms with E-state index in [0.717, 1.165) is 32.1 Å². The Hall–Kier alpha value is -1.59. The van der Waals surface area contributed by atoms with Crippen LogP contribution in [0.3, 0.4) is 0 Å². The Morgan fingerprint density at radius 3 is 2.33 bits per heavy atom. The van der Waals surface area contributed by atoms with Crippen LogP contribution in [0.2, 0.25) is 0 Å². The number of primary amides is 1. The van der Waals surface area contributed by atoms with Gasteiger partial charge in [0.2, 0.25) is 11.8 Å². The van der Waals surface area contributed by atoms with Crippen molar-refractivity contribution in [3.05, 3.63) is 0 Å². The zero-order chi connectivity index (χ0) is 15.5. The van der Waals surface area contributed by atoms with E-state index >= 15 is 0 Å². The predicted octanol–water partition coefficient (Wildman–Crippen LogP) is 1.28. The lowest BCUT2D eigenvalue weighted by molar-refractivity contribution is -0.157. The number of carboxylic acids is 1. The maximum atomic E-state index is 12.5. The summed E-state index contributed by atoms with van der Waals surface area (Å²) in [5, 5.41) is 9.55. The summed E-state index contributed by atoms with van der Waals surface area (Å²) in [4.78, 5) is 37.2. The Morgan fingerprint density at radius 2 is 1.76 bits per heavy atom. The van der Waals surface area contributed by atoms with Crippen molar-refractivity contribution < 1.29 is 19.5 Å². The van der Waals surface area contributed by atoms with Gasteiger partial charge in [0.25, 0.3) is 0 Å². The lowest BCUT2D eigenvalue weighted by Crippen LogP contribution is -2.52. The summed E-state index contributed by atoms with van der Waals surface area (Å²) in [6.07, 6.45) is 6.10. The molecule has 2 rings (SSSR count). The average molecular weight is 296 g/mol. The molecule has 0 aromatic rings. The molecule has 0 radical (unpaired) electrons. The molecule has 1 aliphatic carbocycles. The summed E-state index contributed by atoms with van der Waals surface area (Å²) >= 11 is 0. The third kappa shape index (κ3) is 3.36. The van der Waals surface area contributed by atoms with Crippen LogP contribution in [0.15, 0.2) is 0 Å². The van der Waals surface area contributed by atoms with Gasteiger partial charge in [0.1, 0.15) is 6.04 Å². The first-order valence-electron chi connectivity index (χ1n) is 7.78. The second-order valence-corrected chi connectivity index (χ2v) is 6.32. The summed E-state index contributed by atoms with van der Waals surface area (Å²) in [5.74, 6) is -1.61. The average Bonchev–Trinajstić information content (AvgIpc) is 2.48. The van der Waals surface area contributed by atoms with Crippen molar-refractivity contribution >= 4 is 17.8 Å². The lowest BCUT2D eigenvalue weighted by atomic mass is 9.71. The van der Waals surface area contributed by atoms with Gasteiger partial charge < -0.3 is 15.7 Å². The van der Waals surface area contributed by atoms with Crippen molar-refractivity contribution in [1.82, 2.24) is 4.90 Å². The molecule has 3 N–H and O–H groups in total. The maximum absolute atomic E-state index is 12.5. The number of carbonyl (C=O) groups is 3. The normalized spacial score (nSPS) is 25.3. The molecule has 1 saturated heterocycles. The highest BCUT2D eigenvalue weighted by Gasteiger charge is 2.43. The minimum absolute atomic E-state index is 0.00782. The van der Waals surface area contributed by atoms with Crippen molar-refractivity contribution in [2.75, 3.05) is 6.54 Å². The number of hydrogen-bond donors (Lipinski definition) is 2. The van der Waals surface area contributed by atoms with E-state index in [1.54, 1.807) is 0 Å². The number of nitrogens with two attached hydrogens (primary N) is 1. The number of amides is 2. The Labute approximate surface area is 124 Å². The molecule has 1 saturated carbocycles. The Bertz CT molecular complexity index is 429. The van der Waals surface area contributed by atoms with E-state index in [0.29, 0.717) is 25.8 Å². The molecule has 0 spiro atoms. The van der Waals surface area contributed by atoms with Crippen molar-refractivity contribution in [3.8, 4) is 0 Å². The van der Waals surface area contributed by atoms with Gasteiger partial charge in [-0.1, -0.05) is 19.3 Å². The van der Waals surface area contributed by atoms with Gasteiger partial charge in [-0.2, -0.15) is 0 Å². The summed E-state index contributed by atoms with van der Waals surface area (Å²) in [6, 6.07) is -0.569. The monoisotopic (exact) mass is 296 g/mol. The second-order valence-electron chi connectivity index (χ2n) is 6.32. The number of carboxylic acid groups (broad SMARTS) is 1. The quantitative estimate of drug-likeness (QED) is 0.816. The zero-order valence-electron chi connectivity index (χ0n) is 12.3. The van der Waals surface area contributed by atoms with Gasteiger partial charge in [-0.3, -0.25) is 14.4 Å². The Balaban J connectivity index is 2.10. The Morgan fingerprint density at radius 1 is 1.10 bits per heavy atom. The molecule has 0 aromatic heterocycles. The van der Waals surface area contributed by atoms with Crippen LogP contribution in [0.5, 0.6) is 0 Å². The molecule has 6 heteroatoms. The fourth-order valence-electron chi connectivity index (χ4n) is 3.61. The molecule has 1 aliphatic heterocycles. The van der Waals surface area contributed by atoms with E-state index in [1.165, 1.54) is 4.90 Å². The van der Waals surface area contributed by atoms with E-state index in [1.807, 2.05) is 0 Å². The number of carbonyl (C=O) groups excluding carboxylic acids is 2. The SMILES string of the molecule is NC(=O)C1CCCCN1C(=O)CC1(C(=O)O)CCCCC1. The topological polar surface area (TPSA) is 101 Å². The number of piperidine rings is 1. The van der Waals surface area contributed by atoms with E-state index in [9.17, 15) is 19.5 Å². The van der Waals surface area contributed by atoms with Crippen molar-refractivity contribution in [1.29, 1.82) is 0 Å². The van der Waals surface area contributed by atoms with Crippen LogP contribution in [0.4, 0.5) is 0 Å². The first kappa shape index (κ1) is 15.8. The molecule has 2 amide bonds. The summed E-state index contributed by atoms with van der Waals surface area (Å²) in [5.41, 5.74) is 4.42. The van der Waals surface area contributed by atoms with E-state index < -0.39 is 23.3 Å². The predicted molar refractivity (Wildman–Crippen MR) is 76.3 cm³/mol. The van der Waals surface area contributed by atoms with Gasteiger partial charge in [0, 0.05) is 13.0 Å². The summed E-state index contributed by atoms with van der Waals surface area (Å²) < 4.78 is 0. The third-order valence-electron chi connectivity index (χ3n) is 4.91. The largest absolute Gasteiger partial charge is 0.481 e. The highest BCUT2D eigenvalue weighted by molar-refractivity contribution is 5.89. The number of hydrogen-bond acceptors (Lipinski definition) is 3. The molecule has 2 aliphatic rings. The maximum Gasteiger partial charge on any atom is 0.310 e. The first-order chi connectivity index (χ1) is 9.96. The molecular weight excluding hydrogens is 272 g/mol. The highest BCUT2D eigenvalue weighted by Crippen LogP contribution is 2.40. The van der Waals surface area contributed by atoms with Crippen LogP contribution in [-0.2, 0) is 14.4 Å². The molecule has 1 heterocycles. The van der Waals surface area contributed by atoms with E-state index in [4.69, 9.17) is 5.73 Å². The van der Waals surface area contributed by atoms with Gasteiger partial charge in [0.15, 0.2) is 0 Å². The molecule has 21 heavy (non-hydrogen) atoms. The lowest BCUT2D eigenvalue weighted by Gasteiger charge is -2.38. The minimum atomic E-state index is -0.949. The minimum Gasteiger partial charge on any atom is -0.481 e. The Kier molecular flexibility index (Phi) is 4.85. The number of nitrogens with zero attached hydrogens (tertiary/aromatic N) is 1. The van der Waals surface area contributed by atoms with Crippen molar-refractivity contribution in [3.63, 3.8) is 0 Å².